The zero-order chi connectivity index (χ0) is 29.2. The van der Waals surface area contributed by atoms with E-state index in [1.807, 2.05) is 4.57 Å². The lowest BCUT2D eigenvalue weighted by atomic mass is 10.2. The van der Waals surface area contributed by atoms with Crippen molar-refractivity contribution < 1.29 is 14.1 Å². The number of benzene rings is 2. The largest absolute Gasteiger partial charge is 0.461 e. The number of furan rings is 1. The van der Waals surface area contributed by atoms with Gasteiger partial charge in [0.25, 0.3) is 11.6 Å². The summed E-state index contributed by atoms with van der Waals surface area (Å²) in [6, 6.07) is 15.2. The minimum Gasteiger partial charge on any atom is -0.461 e. The predicted octanol–water partition coefficient (Wildman–Crippen LogP) is 6.45. The molecule has 6 rings (SSSR count). The molecule has 1 aliphatic heterocycles. The maximum Gasteiger partial charge on any atom is 0.273 e. The Labute approximate surface area is 257 Å². The second-order valence-corrected chi connectivity index (χ2v) is 11.9. The van der Waals surface area contributed by atoms with Gasteiger partial charge < -0.3 is 14.2 Å². The Kier molecular flexibility index (Phi) is 8.16. The van der Waals surface area contributed by atoms with Crippen molar-refractivity contribution in [2.24, 2.45) is 0 Å². The smallest absolute Gasteiger partial charge is 0.273 e. The SMILES string of the molecule is O=C(c1csc(CSc2nnc(-c3ccco3)n2-c2ccc(Cl)cc2Cl)n1)N1CCN(c2ccc([N+](=O)[O-])cc2)CC1. The Morgan fingerprint density at radius 1 is 1.07 bits per heavy atom. The molecular formula is C27H21Cl2N7O4S2. The second kappa shape index (κ2) is 12.1. The highest BCUT2D eigenvalue weighted by Crippen LogP contribution is 2.34. The van der Waals surface area contributed by atoms with E-state index < -0.39 is 4.92 Å². The first-order chi connectivity index (χ1) is 20.4. The first kappa shape index (κ1) is 28.2. The summed E-state index contributed by atoms with van der Waals surface area (Å²) in [5, 5.41) is 23.7. The normalized spacial score (nSPS) is 13.5. The lowest BCUT2D eigenvalue weighted by molar-refractivity contribution is -0.384. The number of piperazine rings is 1. The highest BCUT2D eigenvalue weighted by molar-refractivity contribution is 7.98. The molecule has 42 heavy (non-hydrogen) atoms. The van der Waals surface area contributed by atoms with Gasteiger partial charge in [0.05, 0.1) is 27.6 Å². The number of thiazole rings is 1. The molecule has 15 heteroatoms. The van der Waals surface area contributed by atoms with E-state index in [1.54, 1.807) is 59.0 Å². The molecular weight excluding hydrogens is 621 g/mol. The molecule has 0 saturated carbocycles. The molecule has 0 N–H and O–H groups in total. The first-order valence-corrected chi connectivity index (χ1v) is 15.3. The molecule has 4 heterocycles. The third-order valence-corrected chi connectivity index (χ3v) is 9.12. The van der Waals surface area contributed by atoms with Gasteiger partial charge in [-0.3, -0.25) is 19.5 Å². The van der Waals surface area contributed by atoms with E-state index in [0.29, 0.717) is 70.1 Å². The van der Waals surface area contributed by atoms with E-state index in [1.165, 1.54) is 35.2 Å². The van der Waals surface area contributed by atoms with Gasteiger partial charge in [0.2, 0.25) is 5.82 Å². The molecule has 1 fully saturated rings. The third kappa shape index (κ3) is 5.86. The number of nitro groups is 1. The molecule has 11 nitrogen and oxygen atoms in total. The minimum atomic E-state index is -0.417. The van der Waals surface area contributed by atoms with Crippen molar-refractivity contribution in [3.05, 3.63) is 97.1 Å². The van der Waals surface area contributed by atoms with Crippen LogP contribution < -0.4 is 4.90 Å². The van der Waals surface area contributed by atoms with Crippen molar-refractivity contribution in [3.8, 4) is 17.3 Å². The second-order valence-electron chi connectivity index (χ2n) is 9.18. The monoisotopic (exact) mass is 641 g/mol. The quantitative estimate of drug-likeness (QED) is 0.107. The number of nitrogens with zero attached hydrogens (tertiary/aromatic N) is 7. The van der Waals surface area contributed by atoms with Crippen molar-refractivity contribution in [3.63, 3.8) is 0 Å². The Morgan fingerprint density at radius 2 is 1.86 bits per heavy atom. The lowest BCUT2D eigenvalue weighted by Crippen LogP contribution is -2.48. The van der Waals surface area contributed by atoms with Crippen molar-refractivity contribution in [1.29, 1.82) is 0 Å². The van der Waals surface area contributed by atoms with E-state index >= 15 is 0 Å². The summed E-state index contributed by atoms with van der Waals surface area (Å²) in [6.07, 6.45) is 1.56. The summed E-state index contributed by atoms with van der Waals surface area (Å²) in [5.74, 6) is 1.38. The molecule has 1 amide bonds. The number of rotatable bonds is 8. The number of nitro benzene ring substituents is 1. The van der Waals surface area contributed by atoms with Crippen LogP contribution in [0.25, 0.3) is 17.3 Å². The number of carbonyl (C=O) groups is 1. The van der Waals surface area contributed by atoms with Crippen LogP contribution in [0.15, 0.2) is 75.8 Å². The van der Waals surface area contributed by atoms with Gasteiger partial charge in [-0.1, -0.05) is 35.0 Å². The number of aromatic nitrogens is 4. The number of thioether (sulfide) groups is 1. The van der Waals surface area contributed by atoms with E-state index in [4.69, 9.17) is 27.6 Å². The van der Waals surface area contributed by atoms with Gasteiger partial charge in [-0.2, -0.15) is 0 Å². The number of amides is 1. The highest BCUT2D eigenvalue weighted by atomic mass is 35.5. The van der Waals surface area contributed by atoms with Crippen molar-refractivity contribution in [2.45, 2.75) is 10.9 Å². The van der Waals surface area contributed by atoms with Gasteiger partial charge in [-0.15, -0.1) is 21.5 Å². The lowest BCUT2D eigenvalue weighted by Gasteiger charge is -2.35. The fourth-order valence-corrected chi connectivity index (χ4v) is 6.75. The zero-order valence-corrected chi connectivity index (χ0v) is 24.9. The van der Waals surface area contributed by atoms with Crippen LogP contribution in [-0.4, -0.2) is 61.7 Å². The van der Waals surface area contributed by atoms with Gasteiger partial charge >= 0.3 is 0 Å². The van der Waals surface area contributed by atoms with Gasteiger partial charge in [-0.25, -0.2) is 4.98 Å². The maximum atomic E-state index is 13.2. The molecule has 0 atom stereocenters. The van der Waals surface area contributed by atoms with Crippen LogP contribution in [0.3, 0.4) is 0 Å². The molecule has 1 aliphatic rings. The third-order valence-electron chi connectivity index (χ3n) is 6.61. The molecule has 0 spiro atoms. The minimum absolute atomic E-state index is 0.0528. The molecule has 0 aliphatic carbocycles. The Bertz CT molecular complexity index is 1730. The zero-order valence-electron chi connectivity index (χ0n) is 21.7. The van der Waals surface area contributed by atoms with E-state index in [0.717, 1.165) is 10.7 Å². The van der Waals surface area contributed by atoms with Crippen LogP contribution in [0.2, 0.25) is 10.0 Å². The molecule has 3 aromatic heterocycles. The van der Waals surface area contributed by atoms with Gasteiger partial charge in [-0.05, 0) is 42.5 Å². The number of hydrogen-bond acceptors (Lipinski definition) is 10. The number of non-ortho nitro benzene ring substituents is 1. The highest BCUT2D eigenvalue weighted by Gasteiger charge is 2.25. The van der Waals surface area contributed by atoms with Crippen molar-refractivity contribution >= 4 is 63.6 Å². The van der Waals surface area contributed by atoms with E-state index in [2.05, 4.69) is 20.1 Å². The van der Waals surface area contributed by atoms with E-state index in [-0.39, 0.29) is 11.6 Å². The number of carbonyl (C=O) groups excluding carboxylic acids is 1. The Hall–Kier alpha value is -3.91. The van der Waals surface area contributed by atoms with Crippen LogP contribution in [0.4, 0.5) is 11.4 Å². The molecule has 0 unspecified atom stereocenters. The summed E-state index contributed by atoms with van der Waals surface area (Å²) < 4.78 is 7.38. The van der Waals surface area contributed by atoms with Crippen LogP contribution in [-0.2, 0) is 5.75 Å². The van der Waals surface area contributed by atoms with Crippen molar-refractivity contribution in [1.82, 2.24) is 24.6 Å². The summed E-state index contributed by atoms with van der Waals surface area (Å²) in [5.41, 5.74) is 2.00. The van der Waals surface area contributed by atoms with Gasteiger partial charge in [0, 0.05) is 54.4 Å². The summed E-state index contributed by atoms with van der Waals surface area (Å²) in [6.45, 7) is 2.30. The maximum absolute atomic E-state index is 13.2. The average Bonchev–Trinajstić information content (AvgIpc) is 3.77. The Balaban J connectivity index is 1.12. The molecule has 0 bridgehead atoms. The van der Waals surface area contributed by atoms with E-state index in [9.17, 15) is 14.9 Å². The number of hydrogen-bond donors (Lipinski definition) is 0. The topological polar surface area (TPSA) is 123 Å². The number of halogens is 2. The molecule has 214 valence electrons. The fraction of sp³-hybridized carbons (Fsp3) is 0.185. The standard InChI is InChI=1S/C27H21Cl2N7O4S2/c28-17-3-8-22(20(29)14-17)35-25(23-2-1-13-40-23)31-32-27(35)42-16-24-30-21(15-41-24)26(37)34-11-9-33(10-12-34)18-4-6-19(7-5-18)36(38)39/h1-8,13-15H,9-12,16H2. The van der Waals surface area contributed by atoms with Crippen LogP contribution >= 0.6 is 46.3 Å². The average molecular weight is 643 g/mol. The number of anilines is 1. The molecule has 5 aromatic rings. The molecule has 2 aromatic carbocycles. The van der Waals surface area contributed by atoms with Crippen LogP contribution in [0, 0.1) is 10.1 Å². The Morgan fingerprint density at radius 3 is 2.55 bits per heavy atom. The van der Waals surface area contributed by atoms with Gasteiger partial charge in [0.1, 0.15) is 10.7 Å². The fourth-order valence-electron chi connectivity index (χ4n) is 4.53. The summed E-state index contributed by atoms with van der Waals surface area (Å²) >= 11 is 15.5. The summed E-state index contributed by atoms with van der Waals surface area (Å²) in [7, 11) is 0. The molecule has 0 radical (unpaired) electrons. The van der Waals surface area contributed by atoms with Crippen molar-refractivity contribution in [2.75, 3.05) is 31.1 Å². The van der Waals surface area contributed by atoms with Crippen LogP contribution in [0.5, 0.6) is 0 Å². The predicted molar refractivity (Wildman–Crippen MR) is 162 cm³/mol. The first-order valence-electron chi connectivity index (χ1n) is 12.7. The van der Waals surface area contributed by atoms with Crippen LogP contribution in [0.1, 0.15) is 15.5 Å². The molecule has 1 saturated heterocycles. The van der Waals surface area contributed by atoms with Gasteiger partial charge in [0.15, 0.2) is 10.9 Å². The summed E-state index contributed by atoms with van der Waals surface area (Å²) in [4.78, 5) is 32.2.